The molecule has 1 aromatic carbocycles. The van der Waals surface area contributed by atoms with Crippen molar-refractivity contribution in [3.8, 4) is 17.0 Å². The first-order valence-corrected chi connectivity index (χ1v) is 9.91. The number of ether oxygens (including phenoxy) is 2. The molecule has 2 N–H and O–H groups in total. The lowest BCUT2D eigenvalue weighted by molar-refractivity contribution is -0.0681. The van der Waals surface area contributed by atoms with Gasteiger partial charge in [-0.05, 0) is 64.0 Å². The number of nitrogens with zero attached hydrogens (tertiary/aromatic N) is 2. The molecular formula is C21H32N4O2. The van der Waals surface area contributed by atoms with E-state index in [1.165, 1.54) is 18.4 Å². The van der Waals surface area contributed by atoms with Crippen LogP contribution in [0.3, 0.4) is 0 Å². The summed E-state index contributed by atoms with van der Waals surface area (Å²) in [6.45, 7) is 9.43. The highest BCUT2D eigenvalue weighted by Gasteiger charge is 2.21. The first-order chi connectivity index (χ1) is 13.2. The number of aromatic amines is 1. The topological polar surface area (TPSA) is 62.4 Å². The SMILES string of the molecule is COc1ccc(-c2[nH]ncc2CNCCCCN2CC(C)OC(C)C2)cc1. The lowest BCUT2D eigenvalue weighted by Crippen LogP contribution is -2.45. The zero-order valence-electron chi connectivity index (χ0n) is 16.7. The quantitative estimate of drug-likeness (QED) is 0.663. The zero-order valence-corrected chi connectivity index (χ0v) is 16.7. The van der Waals surface area contributed by atoms with Crippen molar-refractivity contribution in [2.45, 2.75) is 45.4 Å². The largest absolute Gasteiger partial charge is 0.497 e. The molecule has 6 heteroatoms. The van der Waals surface area contributed by atoms with Crippen LogP contribution in [0.15, 0.2) is 30.5 Å². The number of morpholine rings is 1. The molecule has 6 nitrogen and oxygen atoms in total. The van der Waals surface area contributed by atoms with Crippen LogP contribution in [0.5, 0.6) is 5.75 Å². The van der Waals surface area contributed by atoms with Gasteiger partial charge in [0.05, 0.1) is 31.2 Å². The molecule has 2 atom stereocenters. The van der Waals surface area contributed by atoms with Crippen molar-refractivity contribution in [3.05, 3.63) is 36.0 Å². The van der Waals surface area contributed by atoms with Crippen LogP contribution in [0.25, 0.3) is 11.3 Å². The van der Waals surface area contributed by atoms with Crippen LogP contribution in [0.4, 0.5) is 0 Å². The van der Waals surface area contributed by atoms with Crippen LogP contribution >= 0.6 is 0 Å². The number of unbranched alkanes of at least 4 members (excludes halogenated alkanes) is 1. The fraction of sp³-hybridized carbons (Fsp3) is 0.571. The molecule has 0 radical (unpaired) electrons. The highest BCUT2D eigenvalue weighted by molar-refractivity contribution is 5.63. The van der Waals surface area contributed by atoms with Gasteiger partial charge in [0.25, 0.3) is 0 Å². The van der Waals surface area contributed by atoms with Gasteiger partial charge >= 0.3 is 0 Å². The molecule has 3 rings (SSSR count). The summed E-state index contributed by atoms with van der Waals surface area (Å²) in [6, 6.07) is 8.06. The Kier molecular flexibility index (Phi) is 7.26. The highest BCUT2D eigenvalue weighted by Crippen LogP contribution is 2.23. The Morgan fingerprint density at radius 2 is 1.93 bits per heavy atom. The second-order valence-corrected chi connectivity index (χ2v) is 7.40. The lowest BCUT2D eigenvalue weighted by Gasteiger charge is -2.35. The normalized spacial score (nSPS) is 20.7. The summed E-state index contributed by atoms with van der Waals surface area (Å²) in [5, 5.41) is 10.9. The maximum atomic E-state index is 5.79. The first-order valence-electron chi connectivity index (χ1n) is 9.91. The van der Waals surface area contributed by atoms with E-state index < -0.39 is 0 Å². The van der Waals surface area contributed by atoms with E-state index in [1.807, 2.05) is 18.3 Å². The van der Waals surface area contributed by atoms with E-state index in [4.69, 9.17) is 9.47 Å². The maximum absolute atomic E-state index is 5.79. The van der Waals surface area contributed by atoms with Crippen molar-refractivity contribution >= 4 is 0 Å². The van der Waals surface area contributed by atoms with E-state index in [-0.39, 0.29) is 0 Å². The molecule has 0 saturated carbocycles. The van der Waals surface area contributed by atoms with E-state index in [0.717, 1.165) is 49.7 Å². The minimum atomic E-state index is 0.351. The Morgan fingerprint density at radius 3 is 2.63 bits per heavy atom. The molecule has 1 fully saturated rings. The average molecular weight is 373 g/mol. The Bertz CT molecular complexity index is 676. The second kappa shape index (κ2) is 9.88. The van der Waals surface area contributed by atoms with Crippen molar-refractivity contribution in [3.63, 3.8) is 0 Å². The first kappa shape index (κ1) is 19.9. The van der Waals surface area contributed by atoms with Gasteiger partial charge in [0, 0.05) is 30.8 Å². The van der Waals surface area contributed by atoms with Gasteiger partial charge in [-0.15, -0.1) is 0 Å². The van der Waals surface area contributed by atoms with Crippen molar-refractivity contribution in [2.75, 3.05) is 33.3 Å². The molecule has 2 unspecified atom stereocenters. The number of nitrogens with one attached hydrogen (secondary N) is 2. The fourth-order valence-electron chi connectivity index (χ4n) is 3.73. The third kappa shape index (κ3) is 5.79. The van der Waals surface area contributed by atoms with Crippen LogP contribution < -0.4 is 10.1 Å². The summed E-state index contributed by atoms with van der Waals surface area (Å²) in [6.07, 6.45) is 5.00. The predicted octanol–water partition coefficient (Wildman–Crippen LogP) is 3.06. The molecule has 1 saturated heterocycles. The van der Waals surface area contributed by atoms with E-state index in [9.17, 15) is 0 Å². The molecule has 2 aromatic rings. The summed E-state index contributed by atoms with van der Waals surface area (Å²) in [4.78, 5) is 2.52. The van der Waals surface area contributed by atoms with Crippen LogP contribution in [0.1, 0.15) is 32.3 Å². The van der Waals surface area contributed by atoms with E-state index in [0.29, 0.717) is 12.2 Å². The number of hydrogen-bond acceptors (Lipinski definition) is 5. The minimum Gasteiger partial charge on any atom is -0.497 e. The molecule has 148 valence electrons. The van der Waals surface area contributed by atoms with Gasteiger partial charge in [-0.1, -0.05) is 0 Å². The van der Waals surface area contributed by atoms with Crippen molar-refractivity contribution < 1.29 is 9.47 Å². The van der Waals surface area contributed by atoms with Crippen molar-refractivity contribution in [1.82, 2.24) is 20.4 Å². The predicted molar refractivity (Wildman–Crippen MR) is 108 cm³/mol. The number of rotatable bonds is 9. The number of aromatic nitrogens is 2. The maximum Gasteiger partial charge on any atom is 0.118 e. The molecule has 0 spiro atoms. The van der Waals surface area contributed by atoms with Crippen molar-refractivity contribution in [2.24, 2.45) is 0 Å². The smallest absolute Gasteiger partial charge is 0.118 e. The highest BCUT2D eigenvalue weighted by atomic mass is 16.5. The average Bonchev–Trinajstić information content (AvgIpc) is 3.12. The summed E-state index contributed by atoms with van der Waals surface area (Å²) >= 11 is 0. The van der Waals surface area contributed by atoms with E-state index in [2.05, 4.69) is 46.4 Å². The number of benzene rings is 1. The van der Waals surface area contributed by atoms with Gasteiger partial charge in [0.1, 0.15) is 5.75 Å². The molecule has 2 heterocycles. The third-order valence-corrected chi connectivity index (χ3v) is 4.99. The van der Waals surface area contributed by atoms with Gasteiger partial charge in [-0.2, -0.15) is 5.10 Å². The molecule has 27 heavy (non-hydrogen) atoms. The Morgan fingerprint density at radius 1 is 1.19 bits per heavy atom. The summed E-state index contributed by atoms with van der Waals surface area (Å²) in [5.74, 6) is 0.863. The summed E-state index contributed by atoms with van der Waals surface area (Å²) in [5.41, 5.74) is 3.39. The molecule has 0 aliphatic carbocycles. The molecule has 0 amide bonds. The van der Waals surface area contributed by atoms with Crippen LogP contribution in [-0.4, -0.2) is 60.6 Å². The Labute approximate surface area is 162 Å². The van der Waals surface area contributed by atoms with Gasteiger partial charge in [0.15, 0.2) is 0 Å². The molecule has 0 bridgehead atoms. The second-order valence-electron chi connectivity index (χ2n) is 7.40. The lowest BCUT2D eigenvalue weighted by atomic mass is 10.1. The molecule has 1 aliphatic rings. The number of methoxy groups -OCH3 is 1. The monoisotopic (exact) mass is 372 g/mol. The summed E-state index contributed by atoms with van der Waals surface area (Å²) in [7, 11) is 1.68. The minimum absolute atomic E-state index is 0.351. The van der Waals surface area contributed by atoms with E-state index >= 15 is 0 Å². The third-order valence-electron chi connectivity index (χ3n) is 4.99. The molecule has 1 aromatic heterocycles. The molecular weight excluding hydrogens is 340 g/mol. The number of hydrogen-bond donors (Lipinski definition) is 2. The van der Waals surface area contributed by atoms with Gasteiger partial charge < -0.3 is 14.8 Å². The van der Waals surface area contributed by atoms with Crippen molar-refractivity contribution in [1.29, 1.82) is 0 Å². The fourth-order valence-corrected chi connectivity index (χ4v) is 3.73. The van der Waals surface area contributed by atoms with Gasteiger partial charge in [0.2, 0.25) is 0 Å². The standard InChI is InChI=1S/C21H32N4O2/c1-16-14-25(15-17(2)27-16)11-5-4-10-22-12-19-13-23-24-21(19)18-6-8-20(26-3)9-7-18/h6-9,13,16-17,22H,4-5,10-12,14-15H2,1-3H3,(H,23,24). The van der Waals surface area contributed by atoms with Gasteiger partial charge in [-0.25, -0.2) is 0 Å². The van der Waals surface area contributed by atoms with Crippen LogP contribution in [-0.2, 0) is 11.3 Å². The van der Waals surface area contributed by atoms with Crippen LogP contribution in [0, 0.1) is 0 Å². The Hall–Kier alpha value is -1.89. The Balaban J connectivity index is 1.38. The van der Waals surface area contributed by atoms with Gasteiger partial charge in [-0.3, -0.25) is 10.00 Å². The number of H-pyrrole nitrogens is 1. The zero-order chi connectivity index (χ0) is 19.1. The summed E-state index contributed by atoms with van der Waals surface area (Å²) < 4.78 is 11.0. The van der Waals surface area contributed by atoms with E-state index in [1.54, 1.807) is 7.11 Å². The molecule has 1 aliphatic heterocycles. The van der Waals surface area contributed by atoms with Crippen LogP contribution in [0.2, 0.25) is 0 Å².